The molecule has 0 spiro atoms. The zero-order chi connectivity index (χ0) is 23.0. The lowest BCUT2D eigenvalue weighted by molar-refractivity contribution is 0.0802. The van der Waals surface area contributed by atoms with Crippen LogP contribution < -0.4 is 16.0 Å². The summed E-state index contributed by atoms with van der Waals surface area (Å²) in [5, 5.41) is 18.6. The SMILES string of the molecule is CC(C)N(c1ccc(I)cc1F)c1c(F)c(=O)n(C)c2ncn(C[C@@H](O)CO)c(=O)c12. The highest BCUT2D eigenvalue weighted by molar-refractivity contribution is 14.1. The van der Waals surface area contributed by atoms with Gasteiger partial charge in [-0.2, -0.15) is 4.39 Å². The molecule has 1 aromatic carbocycles. The van der Waals surface area contributed by atoms with E-state index >= 15 is 4.39 Å². The summed E-state index contributed by atoms with van der Waals surface area (Å²) < 4.78 is 32.8. The maximum atomic E-state index is 15.4. The Labute approximate surface area is 189 Å². The van der Waals surface area contributed by atoms with Gasteiger partial charge in [-0.15, -0.1) is 0 Å². The average Bonchev–Trinajstić information content (AvgIpc) is 2.71. The predicted octanol–water partition coefficient (Wildman–Crippen LogP) is 1.88. The van der Waals surface area contributed by atoms with Gasteiger partial charge in [-0.25, -0.2) is 9.37 Å². The molecule has 0 unspecified atom stereocenters. The van der Waals surface area contributed by atoms with Crippen LogP contribution in [-0.4, -0.2) is 43.1 Å². The van der Waals surface area contributed by atoms with Crippen molar-refractivity contribution in [2.75, 3.05) is 11.5 Å². The minimum absolute atomic E-state index is 0.00550. The molecule has 3 rings (SSSR count). The number of hydrogen-bond donors (Lipinski definition) is 2. The van der Waals surface area contributed by atoms with Crippen LogP contribution in [0.4, 0.5) is 20.2 Å². The van der Waals surface area contributed by atoms with Gasteiger partial charge in [-0.3, -0.25) is 18.7 Å². The number of aliphatic hydroxyl groups is 2. The van der Waals surface area contributed by atoms with Gasteiger partial charge in [-0.05, 0) is 54.6 Å². The van der Waals surface area contributed by atoms with Gasteiger partial charge in [0.1, 0.15) is 23.2 Å². The number of nitrogens with zero attached hydrogens (tertiary/aromatic N) is 4. The third kappa shape index (κ3) is 4.21. The second-order valence-electron chi connectivity index (χ2n) is 7.32. The van der Waals surface area contributed by atoms with E-state index in [1.807, 2.05) is 22.6 Å². The Morgan fingerprint density at radius 2 is 1.90 bits per heavy atom. The fraction of sp³-hybridized carbons (Fsp3) is 0.350. The van der Waals surface area contributed by atoms with E-state index in [-0.39, 0.29) is 23.3 Å². The molecule has 0 bridgehead atoms. The van der Waals surface area contributed by atoms with Crippen LogP contribution in [0, 0.1) is 15.2 Å². The summed E-state index contributed by atoms with van der Waals surface area (Å²) in [5.74, 6) is -1.87. The van der Waals surface area contributed by atoms with Crippen molar-refractivity contribution < 1.29 is 19.0 Å². The van der Waals surface area contributed by atoms with Crippen molar-refractivity contribution in [1.29, 1.82) is 0 Å². The Kier molecular flexibility index (Phi) is 6.76. The minimum Gasteiger partial charge on any atom is -0.394 e. The number of aryl methyl sites for hydroxylation is 1. The predicted molar refractivity (Wildman–Crippen MR) is 121 cm³/mol. The summed E-state index contributed by atoms with van der Waals surface area (Å²) in [4.78, 5) is 31.2. The maximum Gasteiger partial charge on any atom is 0.290 e. The molecule has 166 valence electrons. The van der Waals surface area contributed by atoms with Gasteiger partial charge in [0.15, 0.2) is 5.65 Å². The number of anilines is 2. The van der Waals surface area contributed by atoms with E-state index in [2.05, 4.69) is 4.98 Å². The molecule has 0 amide bonds. The zero-order valence-electron chi connectivity index (χ0n) is 17.0. The van der Waals surface area contributed by atoms with Crippen molar-refractivity contribution in [1.82, 2.24) is 14.1 Å². The topological polar surface area (TPSA) is 101 Å². The standard InChI is InChI=1S/C20H21F2IN4O4/c1-10(2)27(14-5-4-11(23)6-13(14)21)17-15-18(25(3)20(31)16(17)22)24-9-26(19(15)30)7-12(29)8-28/h4-6,9-10,12,28-29H,7-8H2,1-3H3/t12-/m1/s1. The van der Waals surface area contributed by atoms with E-state index in [4.69, 9.17) is 5.11 Å². The van der Waals surface area contributed by atoms with Gasteiger partial charge in [0.05, 0.1) is 24.9 Å². The smallest absolute Gasteiger partial charge is 0.290 e. The molecule has 2 aromatic heterocycles. The molecule has 31 heavy (non-hydrogen) atoms. The van der Waals surface area contributed by atoms with Crippen molar-refractivity contribution in [2.24, 2.45) is 7.05 Å². The van der Waals surface area contributed by atoms with Crippen LogP contribution >= 0.6 is 22.6 Å². The first-order chi connectivity index (χ1) is 14.6. The van der Waals surface area contributed by atoms with Gasteiger partial charge in [-0.1, -0.05) is 0 Å². The highest BCUT2D eigenvalue weighted by Gasteiger charge is 2.28. The first-order valence-electron chi connectivity index (χ1n) is 9.39. The number of aliphatic hydroxyl groups excluding tert-OH is 2. The molecule has 0 aliphatic rings. The lowest BCUT2D eigenvalue weighted by atomic mass is 10.1. The Hall–Kier alpha value is -2.38. The third-order valence-corrected chi connectivity index (χ3v) is 5.49. The van der Waals surface area contributed by atoms with Crippen LogP contribution in [0.3, 0.4) is 0 Å². The molecule has 0 fully saturated rings. The van der Waals surface area contributed by atoms with Gasteiger partial charge >= 0.3 is 0 Å². The second kappa shape index (κ2) is 9.01. The van der Waals surface area contributed by atoms with Gasteiger partial charge in [0.2, 0.25) is 5.82 Å². The number of pyridine rings is 1. The minimum atomic E-state index is -1.24. The molecule has 11 heteroatoms. The van der Waals surface area contributed by atoms with Crippen LogP contribution in [0.15, 0.2) is 34.1 Å². The van der Waals surface area contributed by atoms with Crippen LogP contribution in [0.5, 0.6) is 0 Å². The fourth-order valence-electron chi connectivity index (χ4n) is 3.37. The van der Waals surface area contributed by atoms with Crippen LogP contribution in [-0.2, 0) is 13.6 Å². The number of aromatic nitrogens is 3. The quantitative estimate of drug-likeness (QED) is 0.459. The molecular weight excluding hydrogens is 525 g/mol. The molecule has 0 radical (unpaired) electrons. The van der Waals surface area contributed by atoms with Crippen molar-refractivity contribution in [3.8, 4) is 0 Å². The molecule has 0 aliphatic heterocycles. The lowest BCUT2D eigenvalue weighted by Gasteiger charge is -2.30. The van der Waals surface area contributed by atoms with Crippen molar-refractivity contribution in [2.45, 2.75) is 32.5 Å². The summed E-state index contributed by atoms with van der Waals surface area (Å²) in [6.07, 6.45) is -0.136. The maximum absolute atomic E-state index is 15.4. The Morgan fingerprint density at radius 1 is 1.23 bits per heavy atom. The highest BCUT2D eigenvalue weighted by atomic mass is 127. The highest BCUT2D eigenvalue weighted by Crippen LogP contribution is 2.35. The summed E-state index contributed by atoms with van der Waals surface area (Å²) in [7, 11) is 1.28. The first-order valence-corrected chi connectivity index (χ1v) is 10.5. The van der Waals surface area contributed by atoms with E-state index in [0.717, 1.165) is 15.5 Å². The summed E-state index contributed by atoms with van der Waals surface area (Å²) in [6, 6.07) is 3.81. The largest absolute Gasteiger partial charge is 0.394 e. The van der Waals surface area contributed by atoms with E-state index in [1.165, 1.54) is 24.1 Å². The molecule has 2 heterocycles. The zero-order valence-corrected chi connectivity index (χ0v) is 19.2. The first kappa shape index (κ1) is 23.3. The van der Waals surface area contributed by atoms with Crippen molar-refractivity contribution in [3.63, 3.8) is 0 Å². The molecular formula is C20H21F2IN4O4. The number of halogens is 3. The van der Waals surface area contributed by atoms with E-state index in [0.29, 0.717) is 3.57 Å². The van der Waals surface area contributed by atoms with Crippen molar-refractivity contribution >= 4 is 45.0 Å². The normalized spacial score (nSPS) is 12.5. The van der Waals surface area contributed by atoms with E-state index < -0.39 is 47.2 Å². The molecule has 1 atom stereocenters. The van der Waals surface area contributed by atoms with Crippen LogP contribution in [0.1, 0.15) is 13.8 Å². The molecule has 2 N–H and O–H groups in total. The molecule has 0 aliphatic carbocycles. The summed E-state index contributed by atoms with van der Waals surface area (Å²) in [5.41, 5.74) is -2.23. The summed E-state index contributed by atoms with van der Waals surface area (Å²) in [6.45, 7) is 2.46. The van der Waals surface area contributed by atoms with Gasteiger partial charge in [0.25, 0.3) is 11.1 Å². The molecule has 3 aromatic rings. The Balaban J connectivity index is 2.45. The Morgan fingerprint density at radius 3 is 2.48 bits per heavy atom. The van der Waals surface area contributed by atoms with Crippen molar-refractivity contribution in [3.05, 3.63) is 60.4 Å². The second-order valence-corrected chi connectivity index (χ2v) is 8.57. The monoisotopic (exact) mass is 546 g/mol. The molecule has 8 nitrogen and oxygen atoms in total. The number of hydrogen-bond acceptors (Lipinski definition) is 6. The number of rotatable bonds is 6. The lowest BCUT2D eigenvalue weighted by Crippen LogP contribution is -2.36. The summed E-state index contributed by atoms with van der Waals surface area (Å²) >= 11 is 1.94. The molecule has 0 saturated heterocycles. The van der Waals surface area contributed by atoms with E-state index in [9.17, 15) is 19.1 Å². The molecule has 0 saturated carbocycles. The third-order valence-electron chi connectivity index (χ3n) is 4.82. The average molecular weight is 546 g/mol. The number of fused-ring (bicyclic) bond motifs is 1. The van der Waals surface area contributed by atoms with E-state index in [1.54, 1.807) is 19.9 Å². The number of benzene rings is 1. The van der Waals surface area contributed by atoms with Crippen LogP contribution in [0.25, 0.3) is 11.0 Å². The van der Waals surface area contributed by atoms with Gasteiger partial charge in [0, 0.05) is 16.7 Å². The Bertz CT molecular complexity index is 1260. The fourth-order valence-corrected chi connectivity index (χ4v) is 3.82. The van der Waals surface area contributed by atoms with Gasteiger partial charge < -0.3 is 15.1 Å². The van der Waals surface area contributed by atoms with Crippen LogP contribution in [0.2, 0.25) is 0 Å².